The number of esters is 1. The largest absolute Gasteiger partial charge is 0.493 e. The van der Waals surface area contributed by atoms with Crippen LogP contribution in [0.2, 0.25) is 5.02 Å². The van der Waals surface area contributed by atoms with Crippen molar-refractivity contribution in [2.75, 3.05) is 7.11 Å². The van der Waals surface area contributed by atoms with E-state index in [0.29, 0.717) is 26.8 Å². The van der Waals surface area contributed by atoms with E-state index < -0.39 is 11.9 Å². The van der Waals surface area contributed by atoms with E-state index in [4.69, 9.17) is 21.1 Å². The minimum absolute atomic E-state index is 0.290. The number of hydrazone groups is 1. The van der Waals surface area contributed by atoms with Crippen molar-refractivity contribution in [1.29, 1.82) is 0 Å². The molecule has 3 aromatic rings. The Morgan fingerprint density at radius 2 is 1.93 bits per heavy atom. The molecule has 0 saturated heterocycles. The van der Waals surface area contributed by atoms with E-state index in [-0.39, 0.29) is 5.75 Å². The zero-order valence-corrected chi connectivity index (χ0v) is 16.3. The number of thiophene rings is 1. The summed E-state index contributed by atoms with van der Waals surface area (Å²) in [6, 6.07) is 15.1. The SMILES string of the molecule is COc1cc(/C=N\NC(=O)c2ccccc2Cl)ccc1OC(=O)c1cccs1. The summed E-state index contributed by atoms with van der Waals surface area (Å²) in [4.78, 5) is 24.7. The van der Waals surface area contributed by atoms with E-state index in [1.54, 1.807) is 60.0 Å². The van der Waals surface area contributed by atoms with Crippen molar-refractivity contribution in [3.63, 3.8) is 0 Å². The van der Waals surface area contributed by atoms with Gasteiger partial charge in [0.15, 0.2) is 11.5 Å². The van der Waals surface area contributed by atoms with Crippen LogP contribution in [0.5, 0.6) is 11.5 Å². The van der Waals surface area contributed by atoms with E-state index in [1.807, 2.05) is 0 Å². The molecule has 6 nitrogen and oxygen atoms in total. The molecule has 1 heterocycles. The van der Waals surface area contributed by atoms with Crippen LogP contribution in [0.15, 0.2) is 65.1 Å². The Labute approximate surface area is 170 Å². The monoisotopic (exact) mass is 414 g/mol. The summed E-state index contributed by atoms with van der Waals surface area (Å²) in [5.41, 5.74) is 3.39. The molecular formula is C20H15ClN2O4S. The highest BCUT2D eigenvalue weighted by Gasteiger charge is 2.13. The number of carbonyl (C=O) groups excluding carboxylic acids is 2. The molecule has 0 aliphatic rings. The average molecular weight is 415 g/mol. The predicted molar refractivity (Wildman–Crippen MR) is 109 cm³/mol. The van der Waals surface area contributed by atoms with Crippen LogP contribution < -0.4 is 14.9 Å². The molecule has 0 aliphatic heterocycles. The Morgan fingerprint density at radius 1 is 1.11 bits per heavy atom. The maximum atomic E-state index is 12.1. The standard InChI is InChI=1S/C20H15ClN2O4S/c1-26-17-11-13(8-9-16(17)27-20(25)18-7-4-10-28-18)12-22-23-19(24)14-5-2-3-6-15(14)21/h2-12H,1H3,(H,23,24)/b22-12-. The first-order valence-electron chi connectivity index (χ1n) is 8.10. The fraction of sp³-hybridized carbons (Fsp3) is 0.0500. The van der Waals surface area contributed by atoms with Crippen LogP contribution in [0.4, 0.5) is 0 Å². The molecule has 0 aliphatic carbocycles. The Kier molecular flexibility index (Phi) is 6.41. The average Bonchev–Trinajstić information content (AvgIpc) is 3.24. The molecule has 0 saturated carbocycles. The summed E-state index contributed by atoms with van der Waals surface area (Å²) in [6.07, 6.45) is 1.45. The lowest BCUT2D eigenvalue weighted by Crippen LogP contribution is -2.17. The van der Waals surface area contributed by atoms with Crippen molar-refractivity contribution in [3.05, 3.63) is 81.0 Å². The minimum atomic E-state index is -0.457. The normalized spacial score (nSPS) is 10.6. The maximum absolute atomic E-state index is 12.1. The van der Waals surface area contributed by atoms with Gasteiger partial charge >= 0.3 is 5.97 Å². The van der Waals surface area contributed by atoms with E-state index in [1.165, 1.54) is 24.7 Å². The maximum Gasteiger partial charge on any atom is 0.353 e. The van der Waals surface area contributed by atoms with E-state index in [9.17, 15) is 9.59 Å². The smallest absolute Gasteiger partial charge is 0.353 e. The number of nitrogens with one attached hydrogen (secondary N) is 1. The number of hydrogen-bond donors (Lipinski definition) is 1. The molecule has 0 radical (unpaired) electrons. The Balaban J connectivity index is 1.68. The lowest BCUT2D eigenvalue weighted by atomic mass is 10.2. The molecule has 1 aromatic heterocycles. The number of rotatable bonds is 6. The van der Waals surface area contributed by atoms with Crippen LogP contribution >= 0.6 is 22.9 Å². The van der Waals surface area contributed by atoms with Gasteiger partial charge in [0.2, 0.25) is 0 Å². The van der Waals surface area contributed by atoms with Crippen LogP contribution in [-0.4, -0.2) is 25.2 Å². The van der Waals surface area contributed by atoms with Gasteiger partial charge in [-0.3, -0.25) is 4.79 Å². The number of benzene rings is 2. The lowest BCUT2D eigenvalue weighted by Gasteiger charge is -2.09. The van der Waals surface area contributed by atoms with Gasteiger partial charge in [0.25, 0.3) is 5.91 Å². The molecule has 8 heteroatoms. The molecule has 3 rings (SSSR count). The zero-order chi connectivity index (χ0) is 19.9. The fourth-order valence-corrected chi connectivity index (χ4v) is 3.09. The van der Waals surface area contributed by atoms with Gasteiger partial charge in [0.05, 0.1) is 23.9 Å². The van der Waals surface area contributed by atoms with Gasteiger partial charge in [-0.1, -0.05) is 29.8 Å². The number of hydrogen-bond acceptors (Lipinski definition) is 6. The van der Waals surface area contributed by atoms with Crippen molar-refractivity contribution in [2.24, 2.45) is 5.10 Å². The quantitative estimate of drug-likeness (QED) is 0.281. The van der Waals surface area contributed by atoms with Gasteiger partial charge in [-0.05, 0) is 47.3 Å². The summed E-state index contributed by atoms with van der Waals surface area (Å²) in [5.74, 6) is -0.221. The molecule has 0 spiro atoms. The predicted octanol–water partition coefficient (Wildman–Crippen LogP) is 4.39. The van der Waals surface area contributed by atoms with Crippen LogP contribution in [0.3, 0.4) is 0 Å². The topological polar surface area (TPSA) is 77.0 Å². The van der Waals surface area contributed by atoms with Crippen molar-refractivity contribution < 1.29 is 19.1 Å². The summed E-state index contributed by atoms with van der Waals surface area (Å²) in [6.45, 7) is 0. The third-order valence-electron chi connectivity index (χ3n) is 3.61. The number of carbonyl (C=O) groups is 2. The van der Waals surface area contributed by atoms with Gasteiger partial charge in [0, 0.05) is 0 Å². The van der Waals surface area contributed by atoms with Gasteiger partial charge in [-0.25, -0.2) is 10.2 Å². The number of methoxy groups -OCH3 is 1. The number of amides is 1. The third-order valence-corrected chi connectivity index (χ3v) is 4.79. The van der Waals surface area contributed by atoms with Crippen molar-refractivity contribution in [2.45, 2.75) is 0 Å². The minimum Gasteiger partial charge on any atom is -0.493 e. The summed E-state index contributed by atoms with van der Waals surface area (Å²) in [5, 5.41) is 6.06. The molecule has 0 bridgehead atoms. The molecule has 0 fully saturated rings. The van der Waals surface area contributed by atoms with Gasteiger partial charge in [0.1, 0.15) is 4.88 Å². The first-order chi connectivity index (χ1) is 13.6. The summed E-state index contributed by atoms with van der Waals surface area (Å²) >= 11 is 7.27. The first kappa shape index (κ1) is 19.6. The number of nitrogens with zero attached hydrogens (tertiary/aromatic N) is 1. The van der Waals surface area contributed by atoms with Gasteiger partial charge in [-0.2, -0.15) is 5.10 Å². The molecule has 1 N–H and O–H groups in total. The second-order valence-electron chi connectivity index (χ2n) is 5.46. The Hall–Kier alpha value is -3.16. The van der Waals surface area contributed by atoms with Crippen molar-refractivity contribution in [3.8, 4) is 11.5 Å². The first-order valence-corrected chi connectivity index (χ1v) is 9.36. The van der Waals surface area contributed by atoms with Gasteiger partial charge in [-0.15, -0.1) is 11.3 Å². The highest BCUT2D eigenvalue weighted by Crippen LogP contribution is 2.28. The lowest BCUT2D eigenvalue weighted by molar-refractivity contribution is 0.0734. The highest BCUT2D eigenvalue weighted by atomic mass is 35.5. The van der Waals surface area contributed by atoms with Crippen LogP contribution in [0.25, 0.3) is 0 Å². The van der Waals surface area contributed by atoms with Crippen LogP contribution in [0, 0.1) is 0 Å². The molecule has 1 amide bonds. The number of ether oxygens (including phenoxy) is 2. The molecule has 142 valence electrons. The van der Waals surface area contributed by atoms with E-state index in [0.717, 1.165) is 0 Å². The second-order valence-corrected chi connectivity index (χ2v) is 6.81. The summed E-state index contributed by atoms with van der Waals surface area (Å²) < 4.78 is 10.6. The van der Waals surface area contributed by atoms with Crippen molar-refractivity contribution in [1.82, 2.24) is 5.43 Å². The molecule has 0 unspecified atom stereocenters. The fourth-order valence-electron chi connectivity index (χ4n) is 2.26. The Morgan fingerprint density at radius 3 is 2.64 bits per heavy atom. The molecule has 28 heavy (non-hydrogen) atoms. The van der Waals surface area contributed by atoms with Crippen LogP contribution in [-0.2, 0) is 0 Å². The summed E-state index contributed by atoms with van der Waals surface area (Å²) in [7, 11) is 1.47. The Bertz CT molecular complexity index is 1020. The third kappa shape index (κ3) is 4.76. The van der Waals surface area contributed by atoms with Crippen molar-refractivity contribution >= 4 is 41.0 Å². The van der Waals surface area contributed by atoms with E-state index in [2.05, 4.69) is 10.5 Å². The molecule has 0 atom stereocenters. The van der Waals surface area contributed by atoms with Gasteiger partial charge < -0.3 is 9.47 Å². The molecule has 2 aromatic carbocycles. The molecular weight excluding hydrogens is 400 g/mol. The van der Waals surface area contributed by atoms with E-state index >= 15 is 0 Å². The highest BCUT2D eigenvalue weighted by molar-refractivity contribution is 7.12. The zero-order valence-electron chi connectivity index (χ0n) is 14.7. The van der Waals surface area contributed by atoms with Crippen LogP contribution in [0.1, 0.15) is 25.6 Å². The number of halogens is 1. The second kappa shape index (κ2) is 9.16.